The van der Waals surface area contributed by atoms with Crippen molar-refractivity contribution >= 4 is 34.0 Å². The molecule has 4 rings (SSSR count). The van der Waals surface area contributed by atoms with E-state index in [-0.39, 0.29) is 16.8 Å². The minimum absolute atomic E-state index is 0.120. The predicted octanol–water partition coefficient (Wildman–Crippen LogP) is 1.32. The molecule has 1 N–H and O–H groups in total. The molecule has 2 amide bonds. The Morgan fingerprint density at radius 1 is 1.08 bits per heavy atom. The highest BCUT2D eigenvalue weighted by Crippen LogP contribution is 2.34. The van der Waals surface area contributed by atoms with Gasteiger partial charge in [-0.25, -0.2) is 9.37 Å². The number of carbonyl (C=O) groups is 2. The number of alkyl halides is 1. The van der Waals surface area contributed by atoms with Crippen LogP contribution >= 0.6 is 0 Å². The molecule has 8 heteroatoms. The van der Waals surface area contributed by atoms with Crippen LogP contribution in [0.4, 0.5) is 4.39 Å². The lowest BCUT2D eigenvalue weighted by atomic mass is 10.00. The van der Waals surface area contributed by atoms with Gasteiger partial charge in [0.2, 0.25) is 0 Å². The van der Waals surface area contributed by atoms with E-state index in [0.717, 1.165) is 0 Å². The first kappa shape index (κ1) is 14.2. The molecular formula is C16H10FN5O2. The van der Waals surface area contributed by atoms with Crippen molar-refractivity contribution in [3.63, 3.8) is 0 Å². The van der Waals surface area contributed by atoms with E-state index >= 15 is 0 Å². The molecular weight excluding hydrogens is 313 g/mol. The van der Waals surface area contributed by atoms with Gasteiger partial charge in [-0.2, -0.15) is 0 Å². The van der Waals surface area contributed by atoms with Crippen LogP contribution in [-0.2, 0) is 16.4 Å². The van der Waals surface area contributed by atoms with Crippen LogP contribution in [0.3, 0.4) is 0 Å². The van der Waals surface area contributed by atoms with Crippen molar-refractivity contribution < 1.29 is 14.0 Å². The SMILES string of the molecule is O=C1NC(=O)C(c2cn(CF)c3ncccc23)=C1c1cnccn1. The maximum absolute atomic E-state index is 13.3. The number of hydrogen-bond donors (Lipinski definition) is 1. The molecule has 0 aromatic carbocycles. The number of rotatable bonds is 3. The first-order valence-electron chi connectivity index (χ1n) is 7.07. The smallest absolute Gasteiger partial charge is 0.261 e. The van der Waals surface area contributed by atoms with Gasteiger partial charge in [-0.1, -0.05) is 0 Å². The summed E-state index contributed by atoms with van der Waals surface area (Å²) in [6, 6.07) is 3.41. The van der Waals surface area contributed by atoms with E-state index < -0.39 is 18.6 Å². The van der Waals surface area contributed by atoms with Gasteiger partial charge in [0.1, 0.15) is 5.65 Å². The fourth-order valence-corrected chi connectivity index (χ4v) is 2.80. The average Bonchev–Trinajstić information content (AvgIpc) is 3.12. The number of nitrogens with one attached hydrogen (secondary N) is 1. The molecule has 1 aliphatic rings. The van der Waals surface area contributed by atoms with Gasteiger partial charge in [-0.05, 0) is 12.1 Å². The summed E-state index contributed by atoms with van der Waals surface area (Å²) in [5.74, 6) is -1.11. The summed E-state index contributed by atoms with van der Waals surface area (Å²) in [7, 11) is 0. The summed E-state index contributed by atoms with van der Waals surface area (Å²) in [5, 5.41) is 2.84. The Labute approximate surface area is 134 Å². The second-order valence-corrected chi connectivity index (χ2v) is 5.13. The average molecular weight is 323 g/mol. The van der Waals surface area contributed by atoms with Crippen LogP contribution in [0.1, 0.15) is 11.3 Å². The summed E-state index contributed by atoms with van der Waals surface area (Å²) in [6.45, 7) is -0.795. The van der Waals surface area contributed by atoms with Gasteiger partial charge in [0.15, 0.2) is 6.80 Å². The maximum Gasteiger partial charge on any atom is 0.261 e. The number of pyridine rings is 1. The largest absolute Gasteiger partial charge is 0.303 e. The number of carbonyl (C=O) groups excluding carboxylic acids is 2. The number of amides is 2. The maximum atomic E-state index is 13.3. The molecule has 3 aromatic rings. The molecule has 118 valence electrons. The zero-order chi connectivity index (χ0) is 16.7. The van der Waals surface area contributed by atoms with E-state index in [1.165, 1.54) is 35.6 Å². The van der Waals surface area contributed by atoms with E-state index in [2.05, 4.69) is 20.3 Å². The third-order valence-electron chi connectivity index (χ3n) is 3.78. The van der Waals surface area contributed by atoms with Crippen molar-refractivity contribution in [2.45, 2.75) is 6.80 Å². The zero-order valence-electron chi connectivity index (χ0n) is 12.2. The normalized spacial score (nSPS) is 14.5. The molecule has 0 unspecified atom stereocenters. The number of hydrogen-bond acceptors (Lipinski definition) is 5. The van der Waals surface area contributed by atoms with Crippen molar-refractivity contribution in [2.24, 2.45) is 0 Å². The number of fused-ring (bicyclic) bond motifs is 1. The minimum atomic E-state index is -0.795. The zero-order valence-corrected chi connectivity index (χ0v) is 12.2. The molecule has 0 saturated heterocycles. The van der Waals surface area contributed by atoms with Crippen LogP contribution in [-0.4, -0.2) is 31.3 Å². The molecule has 0 radical (unpaired) electrons. The molecule has 0 aliphatic carbocycles. The molecule has 0 bridgehead atoms. The Hall–Kier alpha value is -3.42. The van der Waals surface area contributed by atoms with E-state index in [1.54, 1.807) is 12.1 Å². The fraction of sp³-hybridized carbons (Fsp3) is 0.0625. The predicted molar refractivity (Wildman–Crippen MR) is 82.8 cm³/mol. The van der Waals surface area contributed by atoms with Gasteiger partial charge in [0.05, 0.1) is 23.0 Å². The Kier molecular flexibility index (Phi) is 3.16. The lowest BCUT2D eigenvalue weighted by Crippen LogP contribution is -2.22. The molecule has 0 atom stereocenters. The van der Waals surface area contributed by atoms with Crippen LogP contribution in [0.5, 0.6) is 0 Å². The molecule has 24 heavy (non-hydrogen) atoms. The third-order valence-corrected chi connectivity index (χ3v) is 3.78. The molecule has 0 fully saturated rings. The highest BCUT2D eigenvalue weighted by molar-refractivity contribution is 6.49. The third kappa shape index (κ3) is 2.00. The van der Waals surface area contributed by atoms with Crippen molar-refractivity contribution in [3.05, 3.63) is 54.4 Å². The lowest BCUT2D eigenvalue weighted by Gasteiger charge is -2.02. The second kappa shape index (κ2) is 5.34. The van der Waals surface area contributed by atoms with Gasteiger partial charge in [-0.3, -0.25) is 24.9 Å². The van der Waals surface area contributed by atoms with E-state index in [1.807, 2.05) is 0 Å². The fourth-order valence-electron chi connectivity index (χ4n) is 2.80. The van der Waals surface area contributed by atoms with Crippen LogP contribution in [0.2, 0.25) is 0 Å². The minimum Gasteiger partial charge on any atom is -0.303 e. The number of aromatic nitrogens is 4. The van der Waals surface area contributed by atoms with Crippen molar-refractivity contribution in [3.8, 4) is 0 Å². The summed E-state index contributed by atoms with van der Waals surface area (Å²) >= 11 is 0. The van der Waals surface area contributed by atoms with Gasteiger partial charge in [0.25, 0.3) is 11.8 Å². The molecule has 7 nitrogen and oxygen atoms in total. The lowest BCUT2D eigenvalue weighted by molar-refractivity contribution is -0.122. The first-order valence-corrected chi connectivity index (χ1v) is 7.07. The first-order chi connectivity index (χ1) is 11.7. The Balaban J connectivity index is 2.05. The summed E-state index contributed by atoms with van der Waals surface area (Å²) in [4.78, 5) is 36.8. The van der Waals surface area contributed by atoms with Crippen LogP contribution < -0.4 is 5.32 Å². The van der Waals surface area contributed by atoms with Crippen LogP contribution in [0.15, 0.2) is 43.1 Å². The molecule has 0 saturated carbocycles. The van der Waals surface area contributed by atoms with Crippen molar-refractivity contribution in [1.82, 2.24) is 24.8 Å². The summed E-state index contributed by atoms with van der Waals surface area (Å²) in [5.41, 5.74) is 1.37. The van der Waals surface area contributed by atoms with Gasteiger partial charge in [-0.15, -0.1) is 0 Å². The van der Waals surface area contributed by atoms with Gasteiger partial charge >= 0.3 is 0 Å². The van der Waals surface area contributed by atoms with Crippen LogP contribution in [0, 0.1) is 0 Å². The van der Waals surface area contributed by atoms with E-state index in [9.17, 15) is 14.0 Å². The quantitative estimate of drug-likeness (QED) is 0.734. The van der Waals surface area contributed by atoms with Crippen molar-refractivity contribution in [2.75, 3.05) is 0 Å². The second-order valence-electron chi connectivity index (χ2n) is 5.13. The van der Waals surface area contributed by atoms with E-state index in [4.69, 9.17) is 0 Å². The molecule has 4 heterocycles. The highest BCUT2D eigenvalue weighted by atomic mass is 19.1. The van der Waals surface area contributed by atoms with Crippen molar-refractivity contribution in [1.29, 1.82) is 0 Å². The summed E-state index contributed by atoms with van der Waals surface area (Å²) < 4.78 is 14.5. The molecule has 0 spiro atoms. The van der Waals surface area contributed by atoms with E-state index in [0.29, 0.717) is 16.6 Å². The standard InChI is InChI=1S/C16H10FN5O2/c17-8-22-7-10(9-2-1-3-20-14(9)22)12-13(16(24)21-15(12)23)11-6-18-4-5-19-11/h1-7H,8H2,(H,21,23,24). The monoisotopic (exact) mass is 323 g/mol. The number of nitrogens with zero attached hydrogens (tertiary/aromatic N) is 4. The Bertz CT molecular complexity index is 1010. The highest BCUT2D eigenvalue weighted by Gasteiger charge is 2.34. The Morgan fingerprint density at radius 3 is 2.67 bits per heavy atom. The summed E-state index contributed by atoms with van der Waals surface area (Å²) in [6.07, 6.45) is 7.32. The number of imide groups is 1. The molecule has 3 aromatic heterocycles. The number of halogens is 1. The van der Waals surface area contributed by atoms with Gasteiger partial charge < -0.3 is 4.57 Å². The Morgan fingerprint density at radius 2 is 1.92 bits per heavy atom. The molecule has 1 aliphatic heterocycles. The van der Waals surface area contributed by atoms with Gasteiger partial charge in [0, 0.05) is 35.7 Å². The van der Waals surface area contributed by atoms with Crippen LogP contribution in [0.25, 0.3) is 22.2 Å². The topological polar surface area (TPSA) is 89.8 Å².